The van der Waals surface area contributed by atoms with Crippen molar-refractivity contribution in [2.45, 2.75) is 25.3 Å². The summed E-state index contributed by atoms with van der Waals surface area (Å²) in [6, 6.07) is 6.71. The van der Waals surface area contributed by atoms with E-state index in [0.717, 1.165) is 0 Å². The third-order valence-electron chi connectivity index (χ3n) is 4.39. The minimum atomic E-state index is -4.45. The molecular weight excluding hydrogens is 437 g/mol. The van der Waals surface area contributed by atoms with Crippen LogP contribution in [0.25, 0.3) is 0 Å². The molecule has 1 N–H and O–H groups in total. The molecule has 1 amide bonds. The van der Waals surface area contributed by atoms with E-state index in [1.165, 1.54) is 29.2 Å². The van der Waals surface area contributed by atoms with Crippen molar-refractivity contribution in [1.82, 2.24) is 9.62 Å². The molecule has 0 spiro atoms. The van der Waals surface area contributed by atoms with Gasteiger partial charge in [-0.05, 0) is 43.7 Å². The Bertz CT molecular complexity index is 1060. The normalized spacial score (nSPS) is 11.3. The second kappa shape index (κ2) is 10.4. The Morgan fingerprint density at radius 1 is 0.968 bits per heavy atom. The monoisotopic (exact) mass is 458 g/mol. The lowest BCUT2D eigenvalue weighted by Crippen LogP contribution is -2.34. The predicted octanol–water partition coefficient (Wildman–Crippen LogP) is 2.61. The zero-order chi connectivity index (χ0) is 23.2. The van der Waals surface area contributed by atoms with Gasteiger partial charge in [0.1, 0.15) is 4.90 Å². The average molecular weight is 458 g/mol. The van der Waals surface area contributed by atoms with E-state index in [1.54, 1.807) is 13.8 Å². The average Bonchev–Trinajstić information content (AvgIpc) is 2.75. The first-order valence-corrected chi connectivity index (χ1v) is 10.8. The highest BCUT2D eigenvalue weighted by Crippen LogP contribution is 2.20. The van der Waals surface area contributed by atoms with Gasteiger partial charge in [0.05, 0.1) is 5.56 Å². The molecule has 0 aliphatic carbocycles. The number of amides is 1. The third kappa shape index (κ3) is 6.05. The van der Waals surface area contributed by atoms with E-state index in [-0.39, 0.29) is 18.0 Å². The van der Waals surface area contributed by atoms with Crippen molar-refractivity contribution in [3.63, 3.8) is 0 Å². The second-order valence-corrected chi connectivity index (χ2v) is 8.07. The molecule has 0 saturated carbocycles. The molecule has 0 atom stereocenters. The lowest BCUT2D eigenvalue weighted by Gasteiger charge is -2.18. The Kier molecular flexibility index (Phi) is 8.17. The van der Waals surface area contributed by atoms with Gasteiger partial charge in [-0.3, -0.25) is 4.79 Å². The van der Waals surface area contributed by atoms with Gasteiger partial charge in [-0.2, -0.15) is 0 Å². The number of sulfonamides is 1. The summed E-state index contributed by atoms with van der Waals surface area (Å²) < 4.78 is 71.4. The van der Waals surface area contributed by atoms with Crippen LogP contribution in [0.1, 0.15) is 29.8 Å². The van der Waals surface area contributed by atoms with Crippen LogP contribution < -0.4 is 4.72 Å². The number of carbonyl (C=O) groups excluding carboxylic acids is 2. The Balaban J connectivity index is 1.99. The predicted molar refractivity (Wildman–Crippen MR) is 105 cm³/mol. The summed E-state index contributed by atoms with van der Waals surface area (Å²) in [5.74, 6) is -6.25. The highest BCUT2D eigenvalue weighted by molar-refractivity contribution is 7.89. The third-order valence-corrected chi connectivity index (χ3v) is 5.81. The van der Waals surface area contributed by atoms with Gasteiger partial charge >= 0.3 is 5.97 Å². The number of hydrogen-bond acceptors (Lipinski definition) is 5. The number of nitrogens with one attached hydrogen (secondary N) is 1. The number of hydrogen-bond donors (Lipinski definition) is 1. The van der Waals surface area contributed by atoms with E-state index in [1.807, 2.05) is 0 Å². The summed E-state index contributed by atoms with van der Waals surface area (Å²) in [5, 5.41) is 0. The van der Waals surface area contributed by atoms with E-state index in [2.05, 4.69) is 4.72 Å². The Morgan fingerprint density at radius 2 is 1.58 bits per heavy atom. The van der Waals surface area contributed by atoms with E-state index in [9.17, 15) is 31.2 Å². The topological polar surface area (TPSA) is 92.8 Å². The van der Waals surface area contributed by atoms with Crippen LogP contribution >= 0.6 is 0 Å². The fraction of sp³-hybridized carbons (Fsp3) is 0.300. The summed E-state index contributed by atoms with van der Waals surface area (Å²) in [6.07, 6.45) is 0. The smallest absolute Gasteiger partial charge is 0.338 e. The second-order valence-electron chi connectivity index (χ2n) is 6.34. The molecule has 2 aromatic carbocycles. The van der Waals surface area contributed by atoms with Crippen LogP contribution in [-0.4, -0.2) is 44.9 Å². The maximum atomic E-state index is 13.7. The van der Waals surface area contributed by atoms with Gasteiger partial charge < -0.3 is 9.64 Å². The summed E-state index contributed by atoms with van der Waals surface area (Å²) >= 11 is 0. The van der Waals surface area contributed by atoms with Gasteiger partial charge in [-0.25, -0.2) is 31.1 Å². The Labute approximate surface area is 177 Å². The van der Waals surface area contributed by atoms with Crippen molar-refractivity contribution >= 4 is 21.9 Å². The maximum absolute atomic E-state index is 13.7. The largest absolute Gasteiger partial charge is 0.452 e. The molecule has 2 rings (SSSR count). The van der Waals surface area contributed by atoms with Crippen LogP contribution in [0.15, 0.2) is 41.3 Å². The molecule has 7 nitrogen and oxygen atoms in total. The number of rotatable bonds is 9. The standard InChI is InChI=1S/C20H21F3N2O5S/c1-3-25(4-2)17(26)12-30-20(27)14-7-5-13(6-8-14)11-24-31(28,29)16-10-9-15(21)18(22)19(16)23/h5-10,24H,3-4,11-12H2,1-2H3. The van der Waals surface area contributed by atoms with E-state index < -0.39 is 44.9 Å². The van der Waals surface area contributed by atoms with E-state index >= 15 is 0 Å². The van der Waals surface area contributed by atoms with Crippen molar-refractivity contribution in [2.24, 2.45) is 0 Å². The Hall–Kier alpha value is -2.92. The van der Waals surface area contributed by atoms with Crippen molar-refractivity contribution in [3.8, 4) is 0 Å². The van der Waals surface area contributed by atoms with Gasteiger partial charge in [0, 0.05) is 19.6 Å². The molecule has 0 fully saturated rings. The number of halogens is 3. The molecular formula is C20H21F3N2O5S. The summed E-state index contributed by atoms with van der Waals surface area (Å²) in [5.41, 5.74) is 0.549. The van der Waals surface area contributed by atoms with Gasteiger partial charge in [0.25, 0.3) is 5.91 Å². The lowest BCUT2D eigenvalue weighted by atomic mass is 10.1. The van der Waals surface area contributed by atoms with Crippen molar-refractivity contribution in [2.75, 3.05) is 19.7 Å². The number of carbonyl (C=O) groups is 2. The quantitative estimate of drug-likeness (QED) is 0.461. The number of benzene rings is 2. The first kappa shape index (κ1) is 24.4. The fourth-order valence-corrected chi connectivity index (χ4v) is 3.69. The van der Waals surface area contributed by atoms with Gasteiger partial charge in [-0.1, -0.05) is 12.1 Å². The van der Waals surface area contributed by atoms with Crippen LogP contribution in [0, 0.1) is 17.5 Å². The van der Waals surface area contributed by atoms with Crippen LogP contribution in [0.4, 0.5) is 13.2 Å². The molecule has 0 unspecified atom stereocenters. The van der Waals surface area contributed by atoms with E-state index in [4.69, 9.17) is 4.74 Å². The summed E-state index contributed by atoms with van der Waals surface area (Å²) in [6.45, 7) is 3.89. The van der Waals surface area contributed by atoms with Crippen LogP contribution in [0.3, 0.4) is 0 Å². The maximum Gasteiger partial charge on any atom is 0.338 e. The number of esters is 1. The molecule has 0 aliphatic rings. The molecule has 0 radical (unpaired) electrons. The molecule has 0 saturated heterocycles. The molecule has 2 aromatic rings. The van der Waals surface area contributed by atoms with Gasteiger partial charge in [0.2, 0.25) is 10.0 Å². The summed E-state index contributed by atoms with van der Waals surface area (Å²) in [4.78, 5) is 24.4. The highest BCUT2D eigenvalue weighted by atomic mass is 32.2. The first-order chi connectivity index (χ1) is 14.6. The highest BCUT2D eigenvalue weighted by Gasteiger charge is 2.23. The zero-order valence-corrected chi connectivity index (χ0v) is 17.6. The summed E-state index contributed by atoms with van der Waals surface area (Å²) in [7, 11) is -4.45. The van der Waals surface area contributed by atoms with Gasteiger partial charge in [-0.15, -0.1) is 0 Å². The molecule has 31 heavy (non-hydrogen) atoms. The Morgan fingerprint density at radius 3 is 2.16 bits per heavy atom. The molecule has 0 bridgehead atoms. The molecule has 0 heterocycles. The lowest BCUT2D eigenvalue weighted by molar-refractivity contribution is -0.134. The van der Waals surface area contributed by atoms with Crippen molar-refractivity contribution in [3.05, 3.63) is 65.0 Å². The van der Waals surface area contributed by atoms with Crippen molar-refractivity contribution < 1.29 is 35.9 Å². The number of likely N-dealkylation sites (N-methyl/N-ethyl adjacent to an activating group) is 1. The van der Waals surface area contributed by atoms with Crippen LogP contribution in [-0.2, 0) is 26.1 Å². The number of nitrogens with zero attached hydrogens (tertiary/aromatic N) is 1. The molecule has 168 valence electrons. The fourth-order valence-electron chi connectivity index (χ4n) is 2.61. The van der Waals surface area contributed by atoms with Gasteiger partial charge in [0.15, 0.2) is 24.1 Å². The molecule has 11 heteroatoms. The molecule has 0 aromatic heterocycles. The zero-order valence-electron chi connectivity index (χ0n) is 16.8. The van der Waals surface area contributed by atoms with Crippen LogP contribution in [0.2, 0.25) is 0 Å². The first-order valence-electron chi connectivity index (χ1n) is 9.27. The van der Waals surface area contributed by atoms with Crippen LogP contribution in [0.5, 0.6) is 0 Å². The number of ether oxygens (including phenoxy) is 1. The SMILES string of the molecule is CCN(CC)C(=O)COC(=O)c1ccc(CNS(=O)(=O)c2ccc(F)c(F)c2F)cc1. The molecule has 0 aliphatic heterocycles. The minimum absolute atomic E-state index is 0.144. The minimum Gasteiger partial charge on any atom is -0.452 e. The van der Waals surface area contributed by atoms with Crippen molar-refractivity contribution in [1.29, 1.82) is 0 Å². The van der Waals surface area contributed by atoms with E-state index in [0.29, 0.717) is 30.8 Å².